The first kappa shape index (κ1) is 14.4. The molecule has 20 heavy (non-hydrogen) atoms. The second-order valence-electron chi connectivity index (χ2n) is 6.14. The van der Waals surface area contributed by atoms with E-state index in [-0.39, 0.29) is 16.9 Å². The van der Waals surface area contributed by atoms with E-state index < -0.39 is 4.92 Å². The molecule has 0 saturated carbocycles. The van der Waals surface area contributed by atoms with Gasteiger partial charge in [-0.1, -0.05) is 26.0 Å². The first-order valence-corrected chi connectivity index (χ1v) is 6.79. The standard InChI is InChI=1S/C16H19NO3/c1-11(18)13-4-5-14(15(10-13)17(19)20)12-6-8-16(2,3)9-7-12/h4-6,10H,7-9H2,1-3H3. The third-order valence-electron chi connectivity index (χ3n) is 3.92. The smallest absolute Gasteiger partial charge is 0.277 e. The first-order valence-electron chi connectivity index (χ1n) is 6.79. The molecule has 106 valence electrons. The van der Waals surface area contributed by atoms with Crippen molar-refractivity contribution in [2.24, 2.45) is 5.41 Å². The van der Waals surface area contributed by atoms with Crippen LogP contribution in [0.5, 0.6) is 0 Å². The van der Waals surface area contributed by atoms with Crippen LogP contribution in [0, 0.1) is 15.5 Å². The van der Waals surface area contributed by atoms with E-state index in [2.05, 4.69) is 19.9 Å². The van der Waals surface area contributed by atoms with Crippen LogP contribution in [0.3, 0.4) is 0 Å². The van der Waals surface area contributed by atoms with E-state index in [1.54, 1.807) is 12.1 Å². The van der Waals surface area contributed by atoms with Crippen molar-refractivity contribution in [2.75, 3.05) is 0 Å². The minimum Gasteiger partial charge on any atom is -0.295 e. The molecule has 0 aliphatic heterocycles. The second kappa shape index (κ2) is 5.19. The molecule has 1 aliphatic rings. The van der Waals surface area contributed by atoms with Crippen molar-refractivity contribution in [1.29, 1.82) is 0 Å². The highest BCUT2D eigenvalue weighted by Crippen LogP contribution is 2.40. The van der Waals surface area contributed by atoms with Crippen LogP contribution in [0.4, 0.5) is 5.69 Å². The van der Waals surface area contributed by atoms with Crippen LogP contribution in [0.1, 0.15) is 56.0 Å². The van der Waals surface area contributed by atoms with Gasteiger partial charge in [-0.2, -0.15) is 0 Å². The number of ketones is 1. The second-order valence-corrected chi connectivity index (χ2v) is 6.14. The number of hydrogen-bond acceptors (Lipinski definition) is 3. The summed E-state index contributed by atoms with van der Waals surface area (Å²) >= 11 is 0. The zero-order valence-electron chi connectivity index (χ0n) is 12.1. The summed E-state index contributed by atoms with van der Waals surface area (Å²) in [6.07, 6.45) is 4.88. The number of nitrogens with zero attached hydrogens (tertiary/aromatic N) is 1. The maximum atomic E-state index is 11.4. The Kier molecular flexibility index (Phi) is 3.75. The Morgan fingerprint density at radius 1 is 1.35 bits per heavy atom. The maximum Gasteiger partial charge on any atom is 0.277 e. The van der Waals surface area contributed by atoms with E-state index in [0.717, 1.165) is 24.8 Å². The number of benzene rings is 1. The number of Topliss-reactive ketones (excluding diaryl/α,β-unsaturated/α-hetero) is 1. The Hall–Kier alpha value is -1.97. The van der Waals surface area contributed by atoms with Gasteiger partial charge in [-0.3, -0.25) is 14.9 Å². The lowest BCUT2D eigenvalue weighted by Gasteiger charge is -2.28. The Balaban J connectivity index is 2.44. The van der Waals surface area contributed by atoms with Gasteiger partial charge in [-0.15, -0.1) is 0 Å². The Morgan fingerprint density at radius 2 is 2.05 bits per heavy atom. The fourth-order valence-electron chi connectivity index (χ4n) is 2.49. The molecule has 0 atom stereocenters. The van der Waals surface area contributed by atoms with Gasteiger partial charge in [0.05, 0.1) is 10.5 Å². The minimum atomic E-state index is -0.400. The number of hydrogen-bond donors (Lipinski definition) is 0. The summed E-state index contributed by atoms with van der Waals surface area (Å²) in [6.45, 7) is 5.82. The highest BCUT2D eigenvalue weighted by Gasteiger charge is 2.25. The molecule has 2 rings (SSSR count). The molecule has 0 unspecified atom stereocenters. The molecule has 1 aromatic carbocycles. The van der Waals surface area contributed by atoms with Gasteiger partial charge in [0.25, 0.3) is 5.69 Å². The quantitative estimate of drug-likeness (QED) is 0.466. The number of rotatable bonds is 3. The number of nitro benzene ring substituents is 1. The van der Waals surface area contributed by atoms with Crippen LogP contribution in [-0.4, -0.2) is 10.7 Å². The van der Waals surface area contributed by atoms with E-state index in [9.17, 15) is 14.9 Å². The highest BCUT2D eigenvalue weighted by atomic mass is 16.6. The average molecular weight is 273 g/mol. The van der Waals surface area contributed by atoms with E-state index in [1.807, 2.05) is 0 Å². The number of nitro groups is 1. The molecule has 0 N–H and O–H groups in total. The summed E-state index contributed by atoms with van der Waals surface area (Å²) in [5, 5.41) is 11.2. The molecular weight excluding hydrogens is 254 g/mol. The summed E-state index contributed by atoms with van der Waals surface area (Å²) in [5.41, 5.74) is 2.35. The molecule has 0 radical (unpaired) electrons. The van der Waals surface area contributed by atoms with Gasteiger partial charge in [0.15, 0.2) is 5.78 Å². The van der Waals surface area contributed by atoms with Crippen molar-refractivity contribution in [2.45, 2.75) is 40.0 Å². The largest absolute Gasteiger partial charge is 0.295 e. The molecular formula is C16H19NO3. The maximum absolute atomic E-state index is 11.4. The number of carbonyl (C=O) groups is 1. The van der Waals surface area contributed by atoms with Gasteiger partial charge in [-0.25, -0.2) is 0 Å². The van der Waals surface area contributed by atoms with Crippen molar-refractivity contribution < 1.29 is 9.72 Å². The van der Waals surface area contributed by atoms with Crippen LogP contribution in [0.25, 0.3) is 5.57 Å². The average Bonchev–Trinajstić information content (AvgIpc) is 2.38. The molecule has 4 nitrogen and oxygen atoms in total. The van der Waals surface area contributed by atoms with Crippen LogP contribution in [0.15, 0.2) is 24.3 Å². The third-order valence-corrected chi connectivity index (χ3v) is 3.92. The molecule has 0 bridgehead atoms. The fraction of sp³-hybridized carbons (Fsp3) is 0.438. The molecule has 0 saturated heterocycles. The van der Waals surface area contributed by atoms with Crippen molar-refractivity contribution in [3.05, 3.63) is 45.5 Å². The SMILES string of the molecule is CC(=O)c1ccc(C2=CCC(C)(C)CC2)c([N+](=O)[O-])c1. The molecule has 0 fully saturated rings. The molecule has 0 aromatic heterocycles. The van der Waals surface area contributed by atoms with Crippen molar-refractivity contribution in [3.8, 4) is 0 Å². The first-order chi connectivity index (χ1) is 9.30. The van der Waals surface area contributed by atoms with Crippen LogP contribution in [0.2, 0.25) is 0 Å². The van der Waals surface area contributed by atoms with E-state index in [1.165, 1.54) is 13.0 Å². The van der Waals surface area contributed by atoms with E-state index >= 15 is 0 Å². The number of allylic oxidation sites excluding steroid dienone is 2. The Labute approximate surface area is 118 Å². The lowest BCUT2D eigenvalue weighted by atomic mass is 9.77. The van der Waals surface area contributed by atoms with Gasteiger partial charge < -0.3 is 0 Å². The molecule has 0 heterocycles. The lowest BCUT2D eigenvalue weighted by Crippen LogP contribution is -2.14. The van der Waals surface area contributed by atoms with Crippen LogP contribution in [-0.2, 0) is 0 Å². The van der Waals surface area contributed by atoms with E-state index in [0.29, 0.717) is 11.1 Å². The molecule has 1 aliphatic carbocycles. The van der Waals surface area contributed by atoms with Crippen molar-refractivity contribution >= 4 is 17.0 Å². The molecule has 4 heteroatoms. The zero-order valence-corrected chi connectivity index (χ0v) is 12.1. The van der Waals surface area contributed by atoms with Crippen molar-refractivity contribution in [3.63, 3.8) is 0 Å². The summed E-state index contributed by atoms with van der Waals surface area (Å²) in [4.78, 5) is 22.2. The van der Waals surface area contributed by atoms with Gasteiger partial charge >= 0.3 is 0 Å². The summed E-state index contributed by atoms with van der Waals surface area (Å²) in [6, 6.07) is 4.77. The van der Waals surface area contributed by atoms with E-state index in [4.69, 9.17) is 0 Å². The summed E-state index contributed by atoms with van der Waals surface area (Å²) < 4.78 is 0. The van der Waals surface area contributed by atoms with Gasteiger partial charge in [0, 0.05) is 11.6 Å². The third kappa shape index (κ3) is 2.95. The molecule has 1 aromatic rings. The predicted octanol–water partition coefficient (Wildman–Crippen LogP) is 4.39. The molecule has 0 amide bonds. The monoisotopic (exact) mass is 273 g/mol. The topological polar surface area (TPSA) is 60.2 Å². The normalized spacial score (nSPS) is 17.4. The van der Waals surface area contributed by atoms with Crippen LogP contribution >= 0.6 is 0 Å². The minimum absolute atomic E-state index is 0.0312. The van der Waals surface area contributed by atoms with Gasteiger partial charge in [0.1, 0.15) is 0 Å². The fourth-order valence-corrected chi connectivity index (χ4v) is 2.49. The Morgan fingerprint density at radius 3 is 2.55 bits per heavy atom. The molecule has 0 spiro atoms. The van der Waals surface area contributed by atoms with Gasteiger partial charge in [0.2, 0.25) is 0 Å². The lowest BCUT2D eigenvalue weighted by molar-refractivity contribution is -0.385. The number of carbonyl (C=O) groups excluding carboxylic acids is 1. The highest BCUT2D eigenvalue weighted by molar-refractivity contribution is 5.95. The Bertz CT molecular complexity index is 600. The zero-order chi connectivity index (χ0) is 14.9. The summed E-state index contributed by atoms with van der Waals surface area (Å²) in [7, 11) is 0. The van der Waals surface area contributed by atoms with Crippen LogP contribution < -0.4 is 0 Å². The van der Waals surface area contributed by atoms with Crippen molar-refractivity contribution in [1.82, 2.24) is 0 Å². The predicted molar refractivity (Wildman–Crippen MR) is 78.7 cm³/mol. The summed E-state index contributed by atoms with van der Waals surface area (Å²) in [5.74, 6) is -0.154. The van der Waals surface area contributed by atoms with Gasteiger partial charge in [-0.05, 0) is 43.2 Å².